The molecule has 5 nitrogen and oxygen atoms in total. The van der Waals surface area contributed by atoms with E-state index in [9.17, 15) is 0 Å². The summed E-state index contributed by atoms with van der Waals surface area (Å²) in [6, 6.07) is 62.3. The van der Waals surface area contributed by atoms with Crippen molar-refractivity contribution in [3.05, 3.63) is 254 Å². The van der Waals surface area contributed by atoms with Crippen LogP contribution in [-0.4, -0.2) is 15.5 Å². The van der Waals surface area contributed by atoms with Gasteiger partial charge in [-0.05, 0) is 121 Å². The number of nitrogens with zero attached hydrogens (tertiary/aromatic N) is 3. The summed E-state index contributed by atoms with van der Waals surface area (Å²) >= 11 is 0. The Morgan fingerprint density at radius 2 is 1.08 bits per heavy atom. The molecule has 11 rings (SSSR count). The Morgan fingerprint density at radius 3 is 1.65 bits per heavy atom. The Balaban J connectivity index is 1.08. The van der Waals surface area contributed by atoms with E-state index in [4.69, 9.17) is 4.99 Å². The first-order chi connectivity index (χ1) is 34.9. The second kappa shape index (κ2) is 19.1. The Kier molecular flexibility index (Phi) is 11.9. The first-order valence-electron chi connectivity index (χ1n) is 24.1. The standard InChI is InChI=1S/C66H53N5/c1-6-19-53(20-7-2)71-63-38-32-49(42-59(63)57-34-36-61(55(9-4)66(57)71)69-52-25-17-12-18-26-52)48-31-37-62-58(41-48)56-33-35-60(68-51-23-15-11-16-24-51)54(8-3)65(56)70(62)43-67-64(50-39-44(5)40-50)47-29-27-46(28-30-47)45-21-13-10-14-22-45/h6-39,41-43,68-69H,1,3-4,40H2,2,5H3/b20-7-,53-19+,64-50-,67-43?. The molecule has 5 heteroatoms. The third-order valence-corrected chi connectivity index (χ3v) is 13.5. The Labute approximate surface area is 415 Å². The van der Waals surface area contributed by atoms with Gasteiger partial charge in [-0.15, -0.1) is 0 Å². The highest BCUT2D eigenvalue weighted by Gasteiger charge is 2.21. The molecule has 8 aromatic carbocycles. The third-order valence-electron chi connectivity index (χ3n) is 13.5. The Bertz CT molecular complexity index is 3870. The van der Waals surface area contributed by atoms with Gasteiger partial charge in [-0.25, -0.2) is 4.99 Å². The molecule has 0 saturated heterocycles. The number of hydrogen-bond acceptors (Lipinski definition) is 3. The van der Waals surface area contributed by atoms with Gasteiger partial charge in [0.15, 0.2) is 0 Å². The van der Waals surface area contributed by atoms with Crippen LogP contribution < -0.4 is 10.6 Å². The van der Waals surface area contributed by atoms with Crippen LogP contribution in [0.2, 0.25) is 0 Å². The highest BCUT2D eigenvalue weighted by Crippen LogP contribution is 2.43. The van der Waals surface area contributed by atoms with Gasteiger partial charge in [0.1, 0.15) is 6.34 Å². The molecule has 0 aliphatic heterocycles. The number of para-hydroxylation sites is 2. The lowest BCUT2D eigenvalue weighted by Crippen LogP contribution is -2.02. The number of aromatic nitrogens is 2. The lowest BCUT2D eigenvalue weighted by atomic mass is 9.90. The van der Waals surface area contributed by atoms with Crippen molar-refractivity contribution < 1.29 is 0 Å². The number of nitrogens with one attached hydrogen (secondary N) is 2. The van der Waals surface area contributed by atoms with Crippen molar-refractivity contribution in [3.63, 3.8) is 0 Å². The minimum Gasteiger partial charge on any atom is -0.355 e. The normalized spacial score (nSPS) is 13.5. The number of fused-ring (bicyclic) bond motifs is 6. The fourth-order valence-electron chi connectivity index (χ4n) is 10.2. The van der Waals surface area contributed by atoms with Crippen LogP contribution in [0.5, 0.6) is 0 Å². The smallest absolute Gasteiger partial charge is 0.100 e. The number of allylic oxidation sites excluding steroid dienone is 8. The van der Waals surface area contributed by atoms with Gasteiger partial charge in [0, 0.05) is 66.7 Å². The molecule has 1 aliphatic carbocycles. The first-order valence-corrected chi connectivity index (χ1v) is 24.1. The van der Waals surface area contributed by atoms with E-state index in [0.29, 0.717) is 0 Å². The molecule has 2 aromatic heterocycles. The zero-order valence-electron chi connectivity index (χ0n) is 40.0. The third kappa shape index (κ3) is 8.24. The van der Waals surface area contributed by atoms with E-state index >= 15 is 0 Å². The SMILES string of the molecule is C=C/C=C(\C=C/C)n1c2ccc(-c3ccc4c(c3)c3ccc(Nc5ccccc5)c(C=C)c3n4C=N/C(=C3/C=C(C)C3)c3ccc(-c4ccccc4)cc3)cc2c2ccc(Nc3ccccc3)c(C=C)c21. The van der Waals surface area contributed by atoms with Crippen molar-refractivity contribution >= 4 is 96.2 Å². The topological polar surface area (TPSA) is 46.3 Å². The molecule has 0 amide bonds. The molecule has 0 unspecified atom stereocenters. The summed E-state index contributed by atoms with van der Waals surface area (Å²) < 4.78 is 4.58. The number of rotatable bonds is 14. The van der Waals surface area contributed by atoms with Gasteiger partial charge in [0.2, 0.25) is 0 Å². The molecule has 10 aromatic rings. The van der Waals surface area contributed by atoms with Crippen LogP contribution in [0.4, 0.5) is 22.7 Å². The molecule has 0 bridgehead atoms. The van der Waals surface area contributed by atoms with E-state index < -0.39 is 0 Å². The van der Waals surface area contributed by atoms with Crippen LogP contribution in [-0.2, 0) is 0 Å². The average molecular weight is 916 g/mol. The summed E-state index contributed by atoms with van der Waals surface area (Å²) in [5, 5.41) is 11.9. The molecule has 71 heavy (non-hydrogen) atoms. The number of aliphatic imine (C=N–C) groups is 1. The molecule has 0 spiro atoms. The maximum absolute atomic E-state index is 5.40. The summed E-state index contributed by atoms with van der Waals surface area (Å²) in [4.78, 5) is 5.40. The van der Waals surface area contributed by atoms with Crippen LogP contribution in [0.15, 0.2) is 242 Å². The van der Waals surface area contributed by atoms with Crippen LogP contribution in [0, 0.1) is 0 Å². The van der Waals surface area contributed by atoms with Crippen molar-refractivity contribution in [1.82, 2.24) is 9.13 Å². The van der Waals surface area contributed by atoms with E-state index in [1.807, 2.05) is 67.9 Å². The largest absolute Gasteiger partial charge is 0.355 e. The summed E-state index contributed by atoms with van der Waals surface area (Å²) in [7, 11) is 0. The molecule has 2 N–H and O–H groups in total. The van der Waals surface area contributed by atoms with Crippen molar-refractivity contribution in [2.24, 2.45) is 4.99 Å². The van der Waals surface area contributed by atoms with E-state index in [-0.39, 0.29) is 0 Å². The highest BCUT2D eigenvalue weighted by molar-refractivity contribution is 6.18. The molecule has 342 valence electrons. The minimum atomic E-state index is 0.900. The zero-order valence-corrected chi connectivity index (χ0v) is 40.0. The van der Waals surface area contributed by atoms with Crippen molar-refractivity contribution in [2.75, 3.05) is 10.6 Å². The number of benzene rings is 8. The van der Waals surface area contributed by atoms with Gasteiger partial charge in [-0.3, -0.25) is 4.57 Å². The van der Waals surface area contributed by atoms with Crippen molar-refractivity contribution in [1.29, 1.82) is 0 Å². The van der Waals surface area contributed by atoms with Gasteiger partial charge in [0.05, 0.1) is 27.8 Å². The molecule has 0 atom stereocenters. The van der Waals surface area contributed by atoms with Crippen LogP contribution in [0.1, 0.15) is 37.0 Å². The van der Waals surface area contributed by atoms with Gasteiger partial charge in [0.25, 0.3) is 0 Å². The molecule has 0 fully saturated rings. The molecule has 2 heterocycles. The summed E-state index contributed by atoms with van der Waals surface area (Å²) in [6.45, 7) is 17.0. The van der Waals surface area contributed by atoms with E-state index in [2.05, 4.69) is 210 Å². The van der Waals surface area contributed by atoms with Gasteiger partial charge in [-0.2, -0.15) is 0 Å². The summed E-state index contributed by atoms with van der Waals surface area (Å²) in [6.07, 6.45) is 17.2. The van der Waals surface area contributed by atoms with Crippen molar-refractivity contribution in [2.45, 2.75) is 20.3 Å². The van der Waals surface area contributed by atoms with Crippen LogP contribution >= 0.6 is 0 Å². The van der Waals surface area contributed by atoms with E-state index in [1.165, 1.54) is 22.3 Å². The fraction of sp³-hybridized carbons (Fsp3) is 0.0455. The predicted octanol–water partition coefficient (Wildman–Crippen LogP) is 18.3. The monoisotopic (exact) mass is 915 g/mol. The summed E-state index contributed by atoms with van der Waals surface area (Å²) in [5.41, 5.74) is 20.5. The fourth-order valence-corrected chi connectivity index (χ4v) is 10.2. The second-order valence-corrected chi connectivity index (χ2v) is 18.0. The van der Waals surface area contributed by atoms with Gasteiger partial charge in [-0.1, -0.05) is 171 Å². The average Bonchev–Trinajstić information content (AvgIpc) is 3.90. The number of hydrogen-bond donors (Lipinski definition) is 2. The van der Waals surface area contributed by atoms with Crippen molar-refractivity contribution in [3.8, 4) is 22.3 Å². The van der Waals surface area contributed by atoms with E-state index in [1.54, 1.807) is 0 Å². The number of anilines is 4. The quantitative estimate of drug-likeness (QED) is 0.0649. The second-order valence-electron chi connectivity index (χ2n) is 18.0. The molecule has 0 radical (unpaired) electrons. The highest BCUT2D eigenvalue weighted by atomic mass is 15.0. The maximum atomic E-state index is 5.40. The first kappa shape index (κ1) is 44.3. The zero-order chi connectivity index (χ0) is 48.4. The minimum absolute atomic E-state index is 0.900. The van der Waals surface area contributed by atoms with E-state index in [0.717, 1.165) is 112 Å². The van der Waals surface area contributed by atoms with Gasteiger partial charge >= 0.3 is 0 Å². The Morgan fingerprint density at radius 1 is 0.563 bits per heavy atom. The van der Waals surface area contributed by atoms with Gasteiger partial charge < -0.3 is 15.2 Å². The maximum Gasteiger partial charge on any atom is 0.100 e. The molecule has 0 saturated carbocycles. The molecule has 1 aliphatic rings. The molecular formula is C66H53N5. The molecular weight excluding hydrogens is 863 g/mol. The lowest BCUT2D eigenvalue weighted by Gasteiger charge is -2.18. The van der Waals surface area contributed by atoms with Crippen LogP contribution in [0.25, 0.3) is 89.4 Å². The summed E-state index contributed by atoms with van der Waals surface area (Å²) in [5.74, 6) is 0. The predicted molar refractivity (Wildman–Crippen MR) is 308 cm³/mol. The Hall–Kier alpha value is -9.19. The van der Waals surface area contributed by atoms with Crippen LogP contribution in [0.3, 0.4) is 0 Å². The lowest BCUT2D eigenvalue weighted by molar-refractivity contribution is 1.05.